The van der Waals surface area contributed by atoms with Gasteiger partial charge in [-0.25, -0.2) is 0 Å². The number of hydrogen-bond donors (Lipinski definition) is 0. The maximum atomic E-state index is 2.51. The summed E-state index contributed by atoms with van der Waals surface area (Å²) in [6.07, 6.45) is 0. The molecule has 79 heavy (non-hydrogen) atoms. The van der Waals surface area contributed by atoms with E-state index < -0.39 is 0 Å². The van der Waals surface area contributed by atoms with Crippen molar-refractivity contribution in [2.75, 3.05) is 9.80 Å². The van der Waals surface area contributed by atoms with Gasteiger partial charge < -0.3 is 9.80 Å². The van der Waals surface area contributed by atoms with Crippen molar-refractivity contribution in [1.82, 2.24) is 0 Å². The molecule has 1 aliphatic carbocycles. The van der Waals surface area contributed by atoms with Gasteiger partial charge in [0.1, 0.15) is 0 Å². The SMILES string of the molecule is CC1(C)c2ccccc2-c2ccc(-c3c4ccc(N(c5ccccc5)c5cccc6ccccc56)cc4c(-c4ccc(-c5cccc6ccccc56)cc4)c4ccc(N(c5ccccc5)c5cccc6ccccc56)cc34)cc21. The zero-order valence-electron chi connectivity index (χ0n) is 44.1. The molecule has 0 radical (unpaired) electrons. The molecule has 2 nitrogen and oxygen atoms in total. The van der Waals surface area contributed by atoms with Crippen LogP contribution in [0.1, 0.15) is 25.0 Å². The van der Waals surface area contributed by atoms with E-state index in [1.54, 1.807) is 0 Å². The molecule has 372 valence electrons. The van der Waals surface area contributed by atoms with Crippen LogP contribution in [-0.2, 0) is 5.41 Å². The monoisotopic (exact) mass is 1010 g/mol. The Balaban J connectivity index is 1.05. The van der Waals surface area contributed by atoms with Crippen LogP contribution in [-0.4, -0.2) is 0 Å². The molecule has 0 fully saturated rings. The minimum Gasteiger partial charge on any atom is -0.310 e. The summed E-state index contributed by atoms with van der Waals surface area (Å²) in [4.78, 5) is 4.89. The Morgan fingerprint density at radius 1 is 0.241 bits per heavy atom. The lowest BCUT2D eigenvalue weighted by Gasteiger charge is -2.29. The highest BCUT2D eigenvalue weighted by Crippen LogP contribution is 2.53. The summed E-state index contributed by atoms with van der Waals surface area (Å²) in [7, 11) is 0. The summed E-state index contributed by atoms with van der Waals surface area (Å²) in [5, 5.41) is 12.0. The molecule has 0 bridgehead atoms. The zero-order valence-corrected chi connectivity index (χ0v) is 44.1. The van der Waals surface area contributed by atoms with Crippen molar-refractivity contribution in [1.29, 1.82) is 0 Å². The number of rotatable bonds is 9. The Morgan fingerprint density at radius 2 is 0.658 bits per heavy atom. The summed E-state index contributed by atoms with van der Waals surface area (Å²) >= 11 is 0. The first-order chi connectivity index (χ1) is 39.0. The fourth-order valence-electron chi connectivity index (χ4n) is 13.1. The summed E-state index contributed by atoms with van der Waals surface area (Å²) in [6, 6.07) is 108. The maximum Gasteiger partial charge on any atom is 0.0540 e. The summed E-state index contributed by atoms with van der Waals surface area (Å²) < 4.78 is 0. The fourth-order valence-corrected chi connectivity index (χ4v) is 13.1. The fraction of sp³-hybridized carbons (Fsp3) is 0.0390. The van der Waals surface area contributed by atoms with Gasteiger partial charge in [0, 0.05) is 38.9 Å². The van der Waals surface area contributed by atoms with Gasteiger partial charge in [-0.3, -0.25) is 0 Å². The molecule has 0 atom stereocenters. The third-order valence-electron chi connectivity index (χ3n) is 16.8. The summed E-state index contributed by atoms with van der Waals surface area (Å²) in [6.45, 7) is 4.78. The average molecular weight is 1010 g/mol. The summed E-state index contributed by atoms with van der Waals surface area (Å²) in [5.41, 5.74) is 19.0. The molecular formula is C77H54N2. The van der Waals surface area contributed by atoms with E-state index in [0.717, 1.165) is 39.7 Å². The maximum absolute atomic E-state index is 2.51. The van der Waals surface area contributed by atoms with E-state index in [1.165, 1.54) is 104 Å². The van der Waals surface area contributed by atoms with Gasteiger partial charge in [0.25, 0.3) is 0 Å². The van der Waals surface area contributed by atoms with Crippen LogP contribution in [0, 0.1) is 0 Å². The smallest absolute Gasteiger partial charge is 0.0540 e. The molecule has 15 rings (SSSR count). The van der Waals surface area contributed by atoms with E-state index in [1.807, 2.05) is 0 Å². The highest BCUT2D eigenvalue weighted by Gasteiger charge is 2.36. The van der Waals surface area contributed by atoms with Crippen LogP contribution in [0.3, 0.4) is 0 Å². The lowest BCUT2D eigenvalue weighted by atomic mass is 9.80. The lowest BCUT2D eigenvalue weighted by Crippen LogP contribution is -2.14. The van der Waals surface area contributed by atoms with Crippen LogP contribution >= 0.6 is 0 Å². The average Bonchev–Trinajstić information content (AvgIpc) is 3.92. The van der Waals surface area contributed by atoms with Crippen LogP contribution in [0.5, 0.6) is 0 Å². The predicted octanol–water partition coefficient (Wildman–Crippen LogP) is 21.7. The Morgan fingerprint density at radius 3 is 1.24 bits per heavy atom. The van der Waals surface area contributed by atoms with Crippen molar-refractivity contribution in [2.45, 2.75) is 19.3 Å². The second-order valence-corrected chi connectivity index (χ2v) is 21.6. The molecule has 0 amide bonds. The lowest BCUT2D eigenvalue weighted by molar-refractivity contribution is 0.660. The van der Waals surface area contributed by atoms with Crippen molar-refractivity contribution < 1.29 is 0 Å². The number of anilines is 6. The van der Waals surface area contributed by atoms with E-state index in [4.69, 9.17) is 0 Å². The Bertz CT molecular complexity index is 4670. The molecule has 0 aliphatic heterocycles. The number of nitrogens with zero attached hydrogens (tertiary/aromatic N) is 2. The number of para-hydroxylation sites is 2. The van der Waals surface area contributed by atoms with E-state index in [9.17, 15) is 0 Å². The first-order valence-corrected chi connectivity index (χ1v) is 27.5. The first kappa shape index (κ1) is 46.3. The molecular weight excluding hydrogens is 953 g/mol. The molecule has 0 saturated heterocycles. The van der Waals surface area contributed by atoms with Gasteiger partial charge in [-0.05, 0) is 165 Å². The van der Waals surface area contributed by atoms with Gasteiger partial charge in [0.2, 0.25) is 0 Å². The molecule has 1 aliphatic rings. The van der Waals surface area contributed by atoms with Crippen LogP contribution in [0.2, 0.25) is 0 Å². The Kier molecular flexibility index (Phi) is 10.9. The van der Waals surface area contributed by atoms with E-state index in [-0.39, 0.29) is 5.41 Å². The zero-order chi connectivity index (χ0) is 52.6. The van der Waals surface area contributed by atoms with Crippen LogP contribution in [0.4, 0.5) is 34.1 Å². The Hall–Kier alpha value is -10.0. The number of benzene rings is 14. The van der Waals surface area contributed by atoms with Gasteiger partial charge in [-0.1, -0.05) is 238 Å². The van der Waals surface area contributed by atoms with Crippen molar-refractivity contribution in [2.24, 2.45) is 0 Å². The third-order valence-corrected chi connectivity index (χ3v) is 16.8. The highest BCUT2D eigenvalue weighted by molar-refractivity contribution is 6.23. The quantitative estimate of drug-likeness (QED) is 0.133. The van der Waals surface area contributed by atoms with Gasteiger partial charge in [-0.2, -0.15) is 0 Å². The molecule has 0 spiro atoms. The van der Waals surface area contributed by atoms with Crippen LogP contribution in [0.15, 0.2) is 291 Å². The Labute approximate surface area is 461 Å². The second-order valence-electron chi connectivity index (χ2n) is 21.6. The van der Waals surface area contributed by atoms with Gasteiger partial charge >= 0.3 is 0 Å². The van der Waals surface area contributed by atoms with Crippen LogP contribution < -0.4 is 9.80 Å². The van der Waals surface area contributed by atoms with Gasteiger partial charge in [0.15, 0.2) is 0 Å². The van der Waals surface area contributed by atoms with Gasteiger partial charge in [-0.15, -0.1) is 0 Å². The number of fused-ring (bicyclic) bond motifs is 8. The van der Waals surface area contributed by atoms with E-state index >= 15 is 0 Å². The topological polar surface area (TPSA) is 6.48 Å². The number of hydrogen-bond acceptors (Lipinski definition) is 2. The minimum atomic E-state index is -0.190. The molecule has 0 aromatic heterocycles. The van der Waals surface area contributed by atoms with Crippen molar-refractivity contribution >= 4 is 88.0 Å². The minimum absolute atomic E-state index is 0.190. The van der Waals surface area contributed by atoms with Gasteiger partial charge in [0.05, 0.1) is 11.4 Å². The second kappa shape index (κ2) is 18.6. The molecule has 0 saturated carbocycles. The van der Waals surface area contributed by atoms with Crippen LogP contribution in [0.25, 0.3) is 98.4 Å². The molecule has 0 N–H and O–H groups in total. The van der Waals surface area contributed by atoms with Crippen molar-refractivity contribution in [3.05, 3.63) is 302 Å². The molecule has 2 heteroatoms. The molecule has 14 aromatic rings. The standard InChI is InChI=1S/C77H54N2/c1-77(2)71-35-16-15-33-65(71)66-45-42-56(48-72(66)77)76-68-47-44-59(78(57-26-5-3-6-27-57)73-36-18-24-52-21-10-13-31-63(52)73)49-69(68)75(55-40-38-54(39-41-55)62-34-17-23-51-20-9-12-30-61(51)62)67-46-43-60(50-70(67)76)79(58-28-7-4-8-29-58)74-37-19-25-53-22-11-14-32-64(53)74/h3-50H,1-2H3. The van der Waals surface area contributed by atoms with Crippen molar-refractivity contribution in [3.63, 3.8) is 0 Å². The van der Waals surface area contributed by atoms with E-state index in [0.29, 0.717) is 0 Å². The first-order valence-electron chi connectivity index (χ1n) is 27.5. The molecule has 0 unspecified atom stereocenters. The normalized spacial score (nSPS) is 12.5. The third kappa shape index (κ3) is 7.63. The van der Waals surface area contributed by atoms with E-state index in [2.05, 4.69) is 315 Å². The van der Waals surface area contributed by atoms with Crippen molar-refractivity contribution in [3.8, 4) is 44.5 Å². The molecule has 0 heterocycles. The molecule has 14 aromatic carbocycles. The summed E-state index contributed by atoms with van der Waals surface area (Å²) in [5.74, 6) is 0. The largest absolute Gasteiger partial charge is 0.310 e. The highest BCUT2D eigenvalue weighted by atomic mass is 15.1. The predicted molar refractivity (Wildman–Crippen MR) is 337 cm³/mol.